The largest absolute Gasteiger partial charge is 0.326 e. The Morgan fingerprint density at radius 3 is 2.47 bits per heavy atom. The summed E-state index contributed by atoms with van der Waals surface area (Å²) in [4.78, 5) is 3.71. The maximum atomic E-state index is 13.4. The molecule has 0 bridgehead atoms. The Kier molecular flexibility index (Phi) is 2.74. The molecule has 0 spiro atoms. The van der Waals surface area contributed by atoms with Crippen LogP contribution in [0.5, 0.6) is 0 Å². The van der Waals surface area contributed by atoms with Gasteiger partial charge in [-0.1, -0.05) is 24.3 Å². The first-order valence-corrected chi connectivity index (χ1v) is 4.70. The Balaban J connectivity index is 2.42. The van der Waals surface area contributed by atoms with Crippen molar-refractivity contribution in [2.75, 3.05) is 0 Å². The summed E-state index contributed by atoms with van der Waals surface area (Å²) < 4.78 is 13.4. The van der Waals surface area contributed by atoms with E-state index in [4.69, 9.17) is 5.73 Å². The van der Waals surface area contributed by atoms with Crippen molar-refractivity contribution in [1.82, 2.24) is 4.98 Å². The first-order valence-electron chi connectivity index (χ1n) is 4.70. The van der Waals surface area contributed by atoms with E-state index in [2.05, 4.69) is 4.98 Å². The molecule has 2 nitrogen and oxygen atoms in total. The molecule has 2 aromatic rings. The second-order valence-corrected chi connectivity index (χ2v) is 3.26. The Morgan fingerprint density at radius 1 is 1.13 bits per heavy atom. The maximum absolute atomic E-state index is 13.4. The topological polar surface area (TPSA) is 38.9 Å². The number of halogens is 1. The van der Waals surface area contributed by atoms with Crippen LogP contribution in [0.1, 0.15) is 5.56 Å². The van der Waals surface area contributed by atoms with Gasteiger partial charge in [0.25, 0.3) is 0 Å². The smallest absolute Gasteiger partial charge is 0.149 e. The molecule has 0 aliphatic carbocycles. The molecule has 0 radical (unpaired) electrons. The predicted molar refractivity (Wildman–Crippen MR) is 57.5 cm³/mol. The molecule has 2 rings (SSSR count). The van der Waals surface area contributed by atoms with Crippen molar-refractivity contribution in [3.8, 4) is 11.1 Å². The molecule has 15 heavy (non-hydrogen) atoms. The molecule has 1 aromatic heterocycles. The molecule has 3 heteroatoms. The van der Waals surface area contributed by atoms with E-state index in [-0.39, 0.29) is 5.82 Å². The quantitative estimate of drug-likeness (QED) is 0.811. The highest BCUT2D eigenvalue weighted by atomic mass is 19.1. The van der Waals surface area contributed by atoms with E-state index < -0.39 is 0 Å². The summed E-state index contributed by atoms with van der Waals surface area (Å²) in [6.45, 7) is 0.499. The molecule has 1 heterocycles. The Hall–Kier alpha value is -1.74. The third-order valence-electron chi connectivity index (χ3n) is 2.27. The number of benzene rings is 1. The van der Waals surface area contributed by atoms with Crippen LogP contribution >= 0.6 is 0 Å². The number of nitrogens with zero attached hydrogens (tertiary/aromatic N) is 1. The SMILES string of the molecule is NCc1ccc(-c2ccncc2F)cc1. The van der Waals surface area contributed by atoms with E-state index in [1.165, 1.54) is 6.20 Å². The van der Waals surface area contributed by atoms with Crippen molar-refractivity contribution >= 4 is 0 Å². The molecule has 0 saturated heterocycles. The van der Waals surface area contributed by atoms with Gasteiger partial charge in [-0.3, -0.25) is 4.98 Å². The zero-order valence-electron chi connectivity index (χ0n) is 8.15. The summed E-state index contributed by atoms with van der Waals surface area (Å²) in [5.41, 5.74) is 7.92. The molecule has 0 amide bonds. The van der Waals surface area contributed by atoms with Crippen molar-refractivity contribution in [3.05, 3.63) is 54.1 Å². The average molecular weight is 202 g/mol. The van der Waals surface area contributed by atoms with Crippen LogP contribution in [0, 0.1) is 5.82 Å². The second kappa shape index (κ2) is 4.19. The number of nitrogens with two attached hydrogens (primary N) is 1. The lowest BCUT2D eigenvalue weighted by atomic mass is 10.0. The minimum atomic E-state index is -0.307. The van der Waals surface area contributed by atoms with Crippen LogP contribution in [0.25, 0.3) is 11.1 Å². The summed E-state index contributed by atoms with van der Waals surface area (Å²) in [5.74, 6) is -0.307. The lowest BCUT2D eigenvalue weighted by Crippen LogP contribution is -1.95. The number of hydrogen-bond donors (Lipinski definition) is 1. The number of rotatable bonds is 2. The molecular formula is C12H11FN2. The average Bonchev–Trinajstić information content (AvgIpc) is 2.30. The Morgan fingerprint density at radius 2 is 1.87 bits per heavy atom. The zero-order valence-corrected chi connectivity index (χ0v) is 8.15. The summed E-state index contributed by atoms with van der Waals surface area (Å²) in [6.07, 6.45) is 2.79. The first-order chi connectivity index (χ1) is 7.31. The molecule has 0 aliphatic heterocycles. The molecule has 0 atom stereocenters. The van der Waals surface area contributed by atoms with Crippen LogP contribution in [0.2, 0.25) is 0 Å². The Bertz CT molecular complexity index is 451. The van der Waals surface area contributed by atoms with E-state index in [1.807, 2.05) is 24.3 Å². The van der Waals surface area contributed by atoms with E-state index in [1.54, 1.807) is 12.3 Å². The highest BCUT2D eigenvalue weighted by Crippen LogP contribution is 2.21. The summed E-state index contributed by atoms with van der Waals surface area (Å²) in [7, 11) is 0. The normalized spacial score (nSPS) is 10.3. The zero-order chi connectivity index (χ0) is 10.7. The van der Waals surface area contributed by atoms with Gasteiger partial charge in [0.05, 0.1) is 6.20 Å². The number of pyridine rings is 1. The van der Waals surface area contributed by atoms with Gasteiger partial charge in [-0.2, -0.15) is 0 Å². The second-order valence-electron chi connectivity index (χ2n) is 3.26. The third-order valence-corrected chi connectivity index (χ3v) is 2.27. The van der Waals surface area contributed by atoms with Gasteiger partial charge in [-0.25, -0.2) is 4.39 Å². The molecule has 0 saturated carbocycles. The van der Waals surface area contributed by atoms with Crippen molar-refractivity contribution in [2.45, 2.75) is 6.54 Å². The van der Waals surface area contributed by atoms with Gasteiger partial charge in [-0.05, 0) is 17.2 Å². The van der Waals surface area contributed by atoms with Gasteiger partial charge < -0.3 is 5.73 Å². The van der Waals surface area contributed by atoms with E-state index in [0.29, 0.717) is 12.1 Å². The first kappa shape index (κ1) is 9.80. The Labute approximate surface area is 87.6 Å². The molecule has 0 aliphatic rings. The summed E-state index contributed by atoms with van der Waals surface area (Å²) in [6, 6.07) is 9.18. The van der Waals surface area contributed by atoms with Crippen LogP contribution in [-0.4, -0.2) is 4.98 Å². The molecule has 0 fully saturated rings. The van der Waals surface area contributed by atoms with Crippen LogP contribution in [0.4, 0.5) is 4.39 Å². The van der Waals surface area contributed by atoms with Crippen LogP contribution in [0.15, 0.2) is 42.7 Å². The molecule has 0 unspecified atom stereocenters. The van der Waals surface area contributed by atoms with Crippen LogP contribution in [-0.2, 0) is 6.54 Å². The lowest BCUT2D eigenvalue weighted by Gasteiger charge is -2.03. The fraction of sp³-hybridized carbons (Fsp3) is 0.0833. The summed E-state index contributed by atoms with van der Waals surface area (Å²) in [5, 5.41) is 0. The van der Waals surface area contributed by atoms with Gasteiger partial charge in [0.2, 0.25) is 0 Å². The molecule has 1 aromatic carbocycles. The van der Waals surface area contributed by atoms with Crippen molar-refractivity contribution in [3.63, 3.8) is 0 Å². The highest BCUT2D eigenvalue weighted by Gasteiger charge is 2.03. The van der Waals surface area contributed by atoms with Crippen molar-refractivity contribution in [2.24, 2.45) is 5.73 Å². The molecular weight excluding hydrogens is 191 g/mol. The summed E-state index contributed by atoms with van der Waals surface area (Å²) >= 11 is 0. The fourth-order valence-corrected chi connectivity index (χ4v) is 1.43. The van der Waals surface area contributed by atoms with Crippen molar-refractivity contribution in [1.29, 1.82) is 0 Å². The highest BCUT2D eigenvalue weighted by molar-refractivity contribution is 5.63. The predicted octanol–water partition coefficient (Wildman–Crippen LogP) is 2.35. The van der Waals surface area contributed by atoms with Gasteiger partial charge >= 0.3 is 0 Å². The van der Waals surface area contributed by atoms with E-state index >= 15 is 0 Å². The van der Waals surface area contributed by atoms with Crippen LogP contribution < -0.4 is 5.73 Å². The monoisotopic (exact) mass is 202 g/mol. The lowest BCUT2D eigenvalue weighted by molar-refractivity contribution is 0.625. The van der Waals surface area contributed by atoms with E-state index in [9.17, 15) is 4.39 Å². The van der Waals surface area contributed by atoms with Crippen LogP contribution in [0.3, 0.4) is 0 Å². The third kappa shape index (κ3) is 2.02. The maximum Gasteiger partial charge on any atom is 0.149 e. The fourth-order valence-electron chi connectivity index (χ4n) is 1.43. The standard InChI is InChI=1S/C12H11FN2/c13-12-8-15-6-5-11(12)10-3-1-9(7-14)2-4-10/h1-6,8H,7,14H2. The van der Waals surface area contributed by atoms with E-state index in [0.717, 1.165) is 11.1 Å². The van der Waals surface area contributed by atoms with Gasteiger partial charge in [0.15, 0.2) is 0 Å². The van der Waals surface area contributed by atoms with Gasteiger partial charge in [-0.15, -0.1) is 0 Å². The molecule has 2 N–H and O–H groups in total. The van der Waals surface area contributed by atoms with Gasteiger partial charge in [0.1, 0.15) is 5.82 Å². The van der Waals surface area contributed by atoms with Gasteiger partial charge in [0, 0.05) is 18.3 Å². The minimum absolute atomic E-state index is 0.307. The molecule has 76 valence electrons. The number of hydrogen-bond acceptors (Lipinski definition) is 2. The van der Waals surface area contributed by atoms with Crippen molar-refractivity contribution < 1.29 is 4.39 Å². The number of aromatic nitrogens is 1. The minimum Gasteiger partial charge on any atom is -0.326 e.